The molecule has 0 radical (unpaired) electrons. The number of para-hydroxylation sites is 1. The Morgan fingerprint density at radius 3 is 1.62 bits per heavy atom. The van der Waals surface area contributed by atoms with Gasteiger partial charge in [0.25, 0.3) is 0 Å². The summed E-state index contributed by atoms with van der Waals surface area (Å²) in [6.07, 6.45) is 0. The summed E-state index contributed by atoms with van der Waals surface area (Å²) >= 11 is 0. The van der Waals surface area contributed by atoms with Gasteiger partial charge in [-0.2, -0.15) is 0 Å². The minimum absolute atomic E-state index is 0.623. The van der Waals surface area contributed by atoms with Crippen molar-refractivity contribution in [3.63, 3.8) is 0 Å². The van der Waals surface area contributed by atoms with Gasteiger partial charge in [0, 0.05) is 54.7 Å². The van der Waals surface area contributed by atoms with Crippen LogP contribution in [0.15, 0.2) is 237 Å². The fraction of sp³-hybridized carbons (Fsp3) is 0. The fourth-order valence-corrected chi connectivity index (χ4v) is 10.5. The van der Waals surface area contributed by atoms with Crippen LogP contribution in [0.5, 0.6) is 0 Å². The first-order valence-electron chi connectivity index (χ1n) is 23.1. The summed E-state index contributed by atoms with van der Waals surface area (Å²) in [5.74, 6) is 1.89. The third-order valence-corrected chi connectivity index (χ3v) is 13.7. The van der Waals surface area contributed by atoms with Crippen LogP contribution >= 0.6 is 0 Å². The van der Waals surface area contributed by atoms with Gasteiger partial charge in [-0.3, -0.25) is 0 Å². The zero-order chi connectivity index (χ0) is 44.7. The Morgan fingerprint density at radius 1 is 0.250 bits per heavy atom. The van der Waals surface area contributed by atoms with Gasteiger partial charge in [0.05, 0.1) is 27.8 Å². The predicted molar refractivity (Wildman–Crippen MR) is 283 cm³/mol. The van der Waals surface area contributed by atoms with Crippen LogP contribution in [-0.4, -0.2) is 24.1 Å². The number of hydrogen-bond acceptors (Lipinski definition) is 3. The lowest BCUT2D eigenvalue weighted by Gasteiger charge is -2.15. The van der Waals surface area contributed by atoms with Gasteiger partial charge in [-0.25, -0.2) is 15.0 Å². The highest BCUT2D eigenvalue weighted by atomic mass is 15.0. The quantitative estimate of drug-likeness (QED) is 0.167. The molecule has 14 aromatic rings. The Morgan fingerprint density at radius 2 is 0.809 bits per heavy atom. The minimum Gasteiger partial charge on any atom is -0.309 e. The molecule has 3 aromatic heterocycles. The number of nitrogens with zero attached hydrogens (tertiary/aromatic N) is 5. The van der Waals surface area contributed by atoms with Gasteiger partial charge in [0.15, 0.2) is 17.5 Å². The number of fused-ring (bicyclic) bond motifs is 10. The molecule has 68 heavy (non-hydrogen) atoms. The Balaban J connectivity index is 0.978. The van der Waals surface area contributed by atoms with E-state index in [9.17, 15) is 0 Å². The summed E-state index contributed by atoms with van der Waals surface area (Å²) in [4.78, 5) is 15.4. The van der Waals surface area contributed by atoms with Gasteiger partial charge in [-0.1, -0.05) is 188 Å². The maximum absolute atomic E-state index is 5.19. The lowest BCUT2D eigenvalue weighted by Crippen LogP contribution is -2.01. The van der Waals surface area contributed by atoms with Crippen molar-refractivity contribution >= 4 is 75.9 Å². The topological polar surface area (TPSA) is 48.5 Å². The molecule has 5 heteroatoms. The highest BCUT2D eigenvalue weighted by Gasteiger charge is 2.20. The van der Waals surface area contributed by atoms with Crippen LogP contribution in [0.4, 0.5) is 0 Å². The van der Waals surface area contributed by atoms with Gasteiger partial charge in [0.2, 0.25) is 0 Å². The molecule has 0 N–H and O–H groups in total. The summed E-state index contributed by atoms with van der Waals surface area (Å²) in [6, 6.07) is 84.8. The van der Waals surface area contributed by atoms with E-state index in [4.69, 9.17) is 15.0 Å². The van der Waals surface area contributed by atoms with E-state index in [0.29, 0.717) is 17.5 Å². The minimum atomic E-state index is 0.623. The van der Waals surface area contributed by atoms with E-state index in [-0.39, 0.29) is 0 Å². The summed E-state index contributed by atoms with van der Waals surface area (Å²) < 4.78 is 4.94. The van der Waals surface area contributed by atoms with Crippen molar-refractivity contribution in [2.75, 3.05) is 0 Å². The molecule has 0 spiro atoms. The number of hydrogen-bond donors (Lipinski definition) is 0. The molecule has 5 nitrogen and oxygen atoms in total. The third-order valence-electron chi connectivity index (χ3n) is 13.7. The molecular formula is C63H39N5. The third kappa shape index (κ3) is 6.06. The van der Waals surface area contributed by atoms with E-state index < -0.39 is 0 Å². The maximum Gasteiger partial charge on any atom is 0.164 e. The van der Waals surface area contributed by atoms with Crippen LogP contribution < -0.4 is 0 Å². The van der Waals surface area contributed by atoms with Crippen molar-refractivity contribution in [3.05, 3.63) is 237 Å². The van der Waals surface area contributed by atoms with Crippen molar-refractivity contribution in [2.24, 2.45) is 0 Å². The van der Waals surface area contributed by atoms with E-state index in [1.165, 1.54) is 54.1 Å². The molecular weight excluding hydrogens is 827 g/mol. The lowest BCUT2D eigenvalue weighted by molar-refractivity contribution is 1.07. The second-order valence-corrected chi connectivity index (χ2v) is 17.6. The largest absolute Gasteiger partial charge is 0.309 e. The van der Waals surface area contributed by atoms with E-state index in [1.54, 1.807) is 0 Å². The van der Waals surface area contributed by atoms with Crippen LogP contribution in [-0.2, 0) is 0 Å². The Labute approximate surface area is 391 Å². The molecule has 0 fully saturated rings. The standard InChI is InChI=1S/C63H39N5/c1-3-15-40(16-4-1)43-22-13-24-47(35-43)62-64-61(42-18-5-2-6-19-42)65-63(66-62)48-30-32-50-46(36-48)23-14-28-56(50)68-58-38-45-21-8-7-20-44(45)37-55(58)53-34-31-49(39-59(53)68)67-57-27-12-11-26-52(57)54-33-29-41-17-9-10-25-51(41)60(54)67/h1-39H. The fourth-order valence-electron chi connectivity index (χ4n) is 10.5. The highest BCUT2D eigenvalue weighted by Crippen LogP contribution is 2.41. The highest BCUT2D eigenvalue weighted by molar-refractivity contribution is 6.19. The second kappa shape index (κ2) is 15.2. The number of rotatable bonds is 6. The molecule has 0 atom stereocenters. The molecule has 0 saturated heterocycles. The van der Waals surface area contributed by atoms with Crippen LogP contribution in [0, 0.1) is 0 Å². The summed E-state index contributed by atoms with van der Waals surface area (Å²) in [7, 11) is 0. The summed E-state index contributed by atoms with van der Waals surface area (Å²) in [5.41, 5.74) is 12.0. The average molecular weight is 866 g/mol. The molecule has 0 amide bonds. The molecule has 3 heterocycles. The van der Waals surface area contributed by atoms with Crippen LogP contribution in [0.25, 0.3) is 133 Å². The average Bonchev–Trinajstić information content (AvgIpc) is 3.92. The Bertz CT molecular complexity index is 4320. The monoisotopic (exact) mass is 865 g/mol. The van der Waals surface area contributed by atoms with Crippen LogP contribution in [0.2, 0.25) is 0 Å². The van der Waals surface area contributed by atoms with Crippen molar-refractivity contribution in [1.82, 2.24) is 24.1 Å². The van der Waals surface area contributed by atoms with Crippen LogP contribution in [0.1, 0.15) is 0 Å². The van der Waals surface area contributed by atoms with Gasteiger partial charge >= 0.3 is 0 Å². The van der Waals surface area contributed by atoms with Gasteiger partial charge < -0.3 is 9.13 Å². The van der Waals surface area contributed by atoms with Gasteiger partial charge in [0.1, 0.15) is 0 Å². The Hall–Kier alpha value is -9.19. The SMILES string of the molecule is c1ccc(-c2cccc(-c3nc(-c4ccccc4)nc(-c4ccc5c(-n6c7cc(-n8c9ccccc9c9ccc%10ccccc%10c98)ccc7c7cc8ccccc8cc76)cccc5c4)n3)c2)cc1. The molecule has 0 aliphatic carbocycles. The Kier molecular flexibility index (Phi) is 8.52. The zero-order valence-electron chi connectivity index (χ0n) is 36.8. The van der Waals surface area contributed by atoms with Gasteiger partial charge in [-0.05, 0) is 81.2 Å². The summed E-state index contributed by atoms with van der Waals surface area (Å²) in [5, 5.41) is 12.0. The summed E-state index contributed by atoms with van der Waals surface area (Å²) in [6.45, 7) is 0. The zero-order valence-corrected chi connectivity index (χ0v) is 36.8. The second-order valence-electron chi connectivity index (χ2n) is 17.6. The first-order chi connectivity index (χ1) is 33.7. The van der Waals surface area contributed by atoms with Gasteiger partial charge in [-0.15, -0.1) is 0 Å². The molecule has 14 rings (SSSR count). The van der Waals surface area contributed by atoms with Crippen LogP contribution in [0.3, 0.4) is 0 Å². The first kappa shape index (κ1) is 38.1. The normalized spacial score (nSPS) is 11.8. The first-order valence-corrected chi connectivity index (χ1v) is 23.1. The molecule has 0 aliphatic heterocycles. The van der Waals surface area contributed by atoms with E-state index >= 15 is 0 Å². The van der Waals surface area contributed by atoms with E-state index in [2.05, 4.69) is 221 Å². The molecule has 11 aromatic carbocycles. The number of aromatic nitrogens is 5. The van der Waals surface area contributed by atoms with Crippen molar-refractivity contribution in [2.45, 2.75) is 0 Å². The van der Waals surface area contributed by atoms with Crippen molar-refractivity contribution < 1.29 is 0 Å². The molecule has 0 bridgehead atoms. The number of benzene rings is 11. The predicted octanol–water partition coefficient (Wildman–Crippen LogP) is 16.2. The van der Waals surface area contributed by atoms with Crippen molar-refractivity contribution in [1.29, 1.82) is 0 Å². The molecule has 0 aliphatic rings. The lowest BCUT2D eigenvalue weighted by atomic mass is 10.0. The molecule has 0 unspecified atom stereocenters. The van der Waals surface area contributed by atoms with E-state index in [1.807, 2.05) is 24.3 Å². The maximum atomic E-state index is 5.19. The molecule has 316 valence electrons. The molecule has 0 saturated carbocycles. The smallest absolute Gasteiger partial charge is 0.164 e. The van der Waals surface area contributed by atoms with E-state index in [0.717, 1.165) is 61.0 Å². The van der Waals surface area contributed by atoms with Crippen molar-refractivity contribution in [3.8, 4) is 56.7 Å².